The maximum atomic E-state index is 11.3. The lowest BCUT2D eigenvalue weighted by Gasteiger charge is -2.12. The Labute approximate surface area is 94.6 Å². The molecule has 0 bridgehead atoms. The quantitative estimate of drug-likeness (QED) is 0.776. The van der Waals surface area contributed by atoms with Gasteiger partial charge in [-0.3, -0.25) is 0 Å². The first-order chi connectivity index (χ1) is 7.47. The molecule has 0 amide bonds. The van der Waals surface area contributed by atoms with Gasteiger partial charge in [0.25, 0.3) is 0 Å². The number of nitrogens with two attached hydrogens (primary N) is 1. The number of sulfonamides is 1. The molecule has 0 aromatic carbocycles. The first-order valence-corrected chi connectivity index (χ1v) is 6.85. The van der Waals surface area contributed by atoms with Crippen molar-refractivity contribution in [3.63, 3.8) is 0 Å². The van der Waals surface area contributed by atoms with Gasteiger partial charge >= 0.3 is 0 Å². The van der Waals surface area contributed by atoms with Crippen LogP contribution in [0.4, 0.5) is 5.95 Å². The van der Waals surface area contributed by atoms with Crippen molar-refractivity contribution in [2.45, 2.75) is 12.3 Å². The normalized spacial score (nSPS) is 22.4. The van der Waals surface area contributed by atoms with Crippen LogP contribution in [0.2, 0.25) is 0 Å². The second-order valence-corrected chi connectivity index (χ2v) is 5.93. The van der Waals surface area contributed by atoms with Crippen LogP contribution in [-0.2, 0) is 10.0 Å². The van der Waals surface area contributed by atoms with Crippen LogP contribution in [0.15, 0.2) is 12.3 Å². The Kier molecular flexibility index (Phi) is 2.81. The van der Waals surface area contributed by atoms with E-state index in [1.54, 1.807) is 12.3 Å². The fourth-order valence-electron chi connectivity index (χ4n) is 1.89. The molecular formula is C9H14N4O2S. The molecular weight excluding hydrogens is 228 g/mol. The predicted octanol–water partition coefficient (Wildman–Crippen LogP) is -0.192. The zero-order chi connectivity index (χ0) is 11.8. The summed E-state index contributed by atoms with van der Waals surface area (Å²) < 4.78 is 24.2. The zero-order valence-corrected chi connectivity index (χ0v) is 9.81. The predicted molar refractivity (Wildman–Crippen MR) is 60.2 cm³/mol. The van der Waals surface area contributed by atoms with Crippen LogP contribution >= 0.6 is 0 Å². The summed E-state index contributed by atoms with van der Waals surface area (Å²) in [4.78, 5) is 7.93. The van der Waals surface area contributed by atoms with Crippen molar-refractivity contribution in [3.8, 4) is 0 Å². The first-order valence-electron chi connectivity index (χ1n) is 5.00. The van der Waals surface area contributed by atoms with Crippen LogP contribution in [0.25, 0.3) is 0 Å². The highest BCUT2D eigenvalue weighted by Gasteiger charge is 2.30. The summed E-state index contributed by atoms with van der Waals surface area (Å²) in [6, 6.07) is 1.78. The van der Waals surface area contributed by atoms with Crippen LogP contribution in [0, 0.1) is 0 Å². The van der Waals surface area contributed by atoms with E-state index in [2.05, 4.69) is 9.97 Å². The standard InChI is InChI=1S/C9H14N4O2S/c1-16(14,15)13-5-3-7(6-13)8-2-4-11-9(10)12-8/h2,4,7H,3,5-6H2,1H3,(H2,10,11,12)/t7-/m0/s1. The van der Waals surface area contributed by atoms with E-state index < -0.39 is 10.0 Å². The van der Waals surface area contributed by atoms with E-state index in [9.17, 15) is 8.42 Å². The molecule has 1 aliphatic rings. The number of rotatable bonds is 2. The molecule has 2 heterocycles. The highest BCUT2D eigenvalue weighted by atomic mass is 32.2. The Morgan fingerprint density at radius 1 is 1.56 bits per heavy atom. The monoisotopic (exact) mass is 242 g/mol. The van der Waals surface area contributed by atoms with Crippen LogP contribution in [0.3, 0.4) is 0 Å². The molecule has 7 heteroatoms. The molecule has 0 aliphatic carbocycles. The number of hydrogen-bond donors (Lipinski definition) is 1. The van der Waals surface area contributed by atoms with Crippen LogP contribution in [0.5, 0.6) is 0 Å². The summed E-state index contributed by atoms with van der Waals surface area (Å²) >= 11 is 0. The Bertz CT molecular complexity index is 488. The minimum atomic E-state index is -3.09. The molecule has 2 rings (SSSR count). The largest absolute Gasteiger partial charge is 0.368 e. The molecule has 0 spiro atoms. The summed E-state index contributed by atoms with van der Waals surface area (Å²) in [7, 11) is -3.09. The third kappa shape index (κ3) is 2.30. The number of anilines is 1. The van der Waals surface area contributed by atoms with Crippen molar-refractivity contribution in [3.05, 3.63) is 18.0 Å². The van der Waals surface area contributed by atoms with Crippen molar-refractivity contribution < 1.29 is 8.42 Å². The van der Waals surface area contributed by atoms with Crippen LogP contribution in [0.1, 0.15) is 18.0 Å². The molecule has 1 fully saturated rings. The number of aromatic nitrogens is 2. The lowest BCUT2D eigenvalue weighted by Crippen LogP contribution is -2.27. The molecule has 1 saturated heterocycles. The molecule has 1 aromatic rings. The minimum Gasteiger partial charge on any atom is -0.368 e. The third-order valence-electron chi connectivity index (χ3n) is 2.73. The average Bonchev–Trinajstić information content (AvgIpc) is 2.65. The van der Waals surface area contributed by atoms with Gasteiger partial charge in [0, 0.05) is 25.2 Å². The zero-order valence-electron chi connectivity index (χ0n) is 9.00. The summed E-state index contributed by atoms with van der Waals surface area (Å²) in [5.74, 6) is 0.357. The van der Waals surface area contributed by atoms with Gasteiger partial charge in [0.15, 0.2) is 0 Å². The van der Waals surface area contributed by atoms with Gasteiger partial charge in [-0.25, -0.2) is 22.7 Å². The van der Waals surface area contributed by atoms with Crippen LogP contribution in [-0.4, -0.2) is 42.0 Å². The van der Waals surface area contributed by atoms with Gasteiger partial charge in [-0.1, -0.05) is 0 Å². The van der Waals surface area contributed by atoms with Gasteiger partial charge in [0.05, 0.1) is 11.9 Å². The van der Waals surface area contributed by atoms with E-state index >= 15 is 0 Å². The fourth-order valence-corrected chi connectivity index (χ4v) is 2.77. The maximum absolute atomic E-state index is 11.3. The molecule has 2 N–H and O–H groups in total. The molecule has 88 valence electrons. The molecule has 0 unspecified atom stereocenters. The Morgan fingerprint density at radius 3 is 2.88 bits per heavy atom. The lowest BCUT2D eigenvalue weighted by atomic mass is 10.1. The SMILES string of the molecule is CS(=O)(=O)N1CC[C@H](c2ccnc(N)n2)C1. The second-order valence-electron chi connectivity index (χ2n) is 3.95. The van der Waals surface area contributed by atoms with Crippen molar-refractivity contribution in [2.24, 2.45) is 0 Å². The average molecular weight is 242 g/mol. The number of nitrogens with zero attached hydrogens (tertiary/aromatic N) is 3. The van der Waals surface area contributed by atoms with Crippen molar-refractivity contribution >= 4 is 16.0 Å². The molecule has 0 saturated carbocycles. The molecule has 0 radical (unpaired) electrons. The summed E-state index contributed by atoms with van der Waals surface area (Å²) in [5.41, 5.74) is 6.31. The highest BCUT2D eigenvalue weighted by molar-refractivity contribution is 7.88. The molecule has 6 nitrogen and oxygen atoms in total. The van der Waals surface area contributed by atoms with E-state index in [-0.39, 0.29) is 11.9 Å². The van der Waals surface area contributed by atoms with Gasteiger partial charge in [-0.05, 0) is 12.5 Å². The van der Waals surface area contributed by atoms with Crippen molar-refractivity contribution in [2.75, 3.05) is 25.1 Å². The van der Waals surface area contributed by atoms with Crippen molar-refractivity contribution in [1.82, 2.24) is 14.3 Å². The third-order valence-corrected chi connectivity index (χ3v) is 4.00. The maximum Gasteiger partial charge on any atom is 0.220 e. The summed E-state index contributed by atoms with van der Waals surface area (Å²) in [6.07, 6.45) is 3.61. The molecule has 1 aliphatic heterocycles. The Hall–Kier alpha value is -1.21. The fraction of sp³-hybridized carbons (Fsp3) is 0.556. The minimum absolute atomic E-state index is 0.125. The second kappa shape index (κ2) is 3.99. The molecule has 1 atom stereocenters. The molecule has 16 heavy (non-hydrogen) atoms. The van der Waals surface area contributed by atoms with Crippen LogP contribution < -0.4 is 5.73 Å². The number of hydrogen-bond acceptors (Lipinski definition) is 5. The van der Waals surface area contributed by atoms with Gasteiger partial charge in [0.1, 0.15) is 0 Å². The van der Waals surface area contributed by atoms with E-state index in [4.69, 9.17) is 5.73 Å². The van der Waals surface area contributed by atoms with Gasteiger partial charge < -0.3 is 5.73 Å². The lowest BCUT2D eigenvalue weighted by molar-refractivity contribution is 0.477. The summed E-state index contributed by atoms with van der Waals surface area (Å²) in [5, 5.41) is 0. The Balaban J connectivity index is 2.15. The Morgan fingerprint density at radius 2 is 2.31 bits per heavy atom. The number of nitrogen functional groups attached to an aromatic ring is 1. The summed E-state index contributed by atoms with van der Waals surface area (Å²) in [6.45, 7) is 1.03. The van der Waals surface area contributed by atoms with E-state index in [1.807, 2.05) is 0 Å². The van der Waals surface area contributed by atoms with Crippen molar-refractivity contribution in [1.29, 1.82) is 0 Å². The molecule has 1 aromatic heterocycles. The van der Waals surface area contributed by atoms with Gasteiger partial charge in [0.2, 0.25) is 16.0 Å². The van der Waals surface area contributed by atoms with E-state index in [1.165, 1.54) is 10.6 Å². The highest BCUT2D eigenvalue weighted by Crippen LogP contribution is 2.27. The first kappa shape index (κ1) is 11.3. The van der Waals surface area contributed by atoms with E-state index in [0.29, 0.717) is 13.1 Å². The smallest absolute Gasteiger partial charge is 0.220 e. The van der Waals surface area contributed by atoms with E-state index in [0.717, 1.165) is 12.1 Å². The van der Waals surface area contributed by atoms with Gasteiger partial charge in [-0.2, -0.15) is 0 Å². The topological polar surface area (TPSA) is 89.2 Å². The van der Waals surface area contributed by atoms with Gasteiger partial charge in [-0.15, -0.1) is 0 Å².